The second-order valence-corrected chi connectivity index (χ2v) is 5.32. The van der Waals surface area contributed by atoms with Gasteiger partial charge in [0, 0.05) is 43.1 Å². The van der Waals surface area contributed by atoms with Crippen molar-refractivity contribution in [3.05, 3.63) is 23.8 Å². The molecule has 1 aliphatic carbocycles. The molecule has 1 aromatic rings. The molecule has 0 unspecified atom stereocenters. The van der Waals surface area contributed by atoms with Crippen LogP contribution in [0.4, 0.5) is 0 Å². The van der Waals surface area contributed by atoms with Gasteiger partial charge in [-0.05, 0) is 26.8 Å². The Kier molecular flexibility index (Phi) is 3.74. The summed E-state index contributed by atoms with van der Waals surface area (Å²) in [7, 11) is 2.09. The standard InChI is InChI=1S/C13H21N3O/c1-11-14-6-12(7-15-11)8-16(2)9-13(10-17)4-3-5-13/h6-7,17H,3-5,8-10H2,1-2H3. The van der Waals surface area contributed by atoms with E-state index in [-0.39, 0.29) is 5.41 Å². The minimum absolute atomic E-state index is 0.153. The highest BCUT2D eigenvalue weighted by atomic mass is 16.3. The average molecular weight is 235 g/mol. The van der Waals surface area contributed by atoms with Crippen LogP contribution in [0.3, 0.4) is 0 Å². The summed E-state index contributed by atoms with van der Waals surface area (Å²) >= 11 is 0. The zero-order valence-electron chi connectivity index (χ0n) is 10.7. The molecule has 0 saturated heterocycles. The van der Waals surface area contributed by atoms with E-state index in [1.54, 1.807) is 0 Å². The number of nitrogens with zero attached hydrogens (tertiary/aromatic N) is 3. The lowest BCUT2D eigenvalue weighted by molar-refractivity contribution is 0.0127. The van der Waals surface area contributed by atoms with Gasteiger partial charge in [-0.25, -0.2) is 9.97 Å². The largest absolute Gasteiger partial charge is 0.396 e. The van der Waals surface area contributed by atoms with Gasteiger partial charge in [-0.3, -0.25) is 0 Å². The van der Waals surface area contributed by atoms with Crippen LogP contribution < -0.4 is 0 Å². The van der Waals surface area contributed by atoms with E-state index >= 15 is 0 Å². The van der Waals surface area contributed by atoms with Gasteiger partial charge >= 0.3 is 0 Å². The van der Waals surface area contributed by atoms with Crippen molar-refractivity contribution in [1.29, 1.82) is 0 Å². The summed E-state index contributed by atoms with van der Waals surface area (Å²) in [5.74, 6) is 0.808. The summed E-state index contributed by atoms with van der Waals surface area (Å²) in [4.78, 5) is 10.6. The van der Waals surface area contributed by atoms with Crippen LogP contribution in [0.1, 0.15) is 30.7 Å². The van der Waals surface area contributed by atoms with Gasteiger partial charge in [0.2, 0.25) is 0 Å². The maximum absolute atomic E-state index is 9.44. The van der Waals surface area contributed by atoms with E-state index < -0.39 is 0 Å². The third kappa shape index (κ3) is 3.01. The summed E-state index contributed by atoms with van der Waals surface area (Å²) in [5, 5.41) is 9.44. The van der Waals surface area contributed by atoms with E-state index in [1.165, 1.54) is 6.42 Å². The molecule has 1 N–H and O–H groups in total. The lowest BCUT2D eigenvalue weighted by Gasteiger charge is -2.43. The molecule has 94 valence electrons. The third-order valence-corrected chi connectivity index (χ3v) is 3.64. The predicted molar refractivity (Wildman–Crippen MR) is 66.5 cm³/mol. The second kappa shape index (κ2) is 5.10. The molecule has 1 saturated carbocycles. The fourth-order valence-electron chi connectivity index (χ4n) is 2.48. The topological polar surface area (TPSA) is 49.2 Å². The van der Waals surface area contributed by atoms with Gasteiger partial charge in [-0.2, -0.15) is 0 Å². The van der Waals surface area contributed by atoms with E-state index in [9.17, 15) is 5.11 Å². The highest BCUT2D eigenvalue weighted by Gasteiger charge is 2.37. The average Bonchev–Trinajstić information content (AvgIpc) is 2.27. The lowest BCUT2D eigenvalue weighted by Crippen LogP contribution is -2.43. The van der Waals surface area contributed by atoms with Crippen molar-refractivity contribution in [3.8, 4) is 0 Å². The van der Waals surface area contributed by atoms with Crippen LogP contribution in [0.5, 0.6) is 0 Å². The molecular formula is C13H21N3O. The number of hydrogen-bond acceptors (Lipinski definition) is 4. The number of aromatic nitrogens is 2. The predicted octanol–water partition coefficient (Wildman–Crippen LogP) is 1.38. The van der Waals surface area contributed by atoms with Crippen molar-refractivity contribution in [2.24, 2.45) is 5.41 Å². The molecule has 0 amide bonds. The summed E-state index contributed by atoms with van der Waals surface area (Å²) in [6, 6.07) is 0. The highest BCUT2D eigenvalue weighted by Crippen LogP contribution is 2.40. The maximum atomic E-state index is 9.44. The normalized spacial score (nSPS) is 18.1. The van der Waals surface area contributed by atoms with Gasteiger partial charge in [0.05, 0.1) is 0 Å². The Labute approximate surface area is 103 Å². The zero-order chi connectivity index (χ0) is 12.3. The lowest BCUT2D eigenvalue weighted by atomic mass is 9.69. The smallest absolute Gasteiger partial charge is 0.125 e. The van der Waals surface area contributed by atoms with Crippen molar-refractivity contribution >= 4 is 0 Å². The van der Waals surface area contributed by atoms with Crippen LogP contribution in [0, 0.1) is 12.3 Å². The molecule has 0 aliphatic heterocycles. The monoisotopic (exact) mass is 235 g/mol. The van der Waals surface area contributed by atoms with E-state index in [0.29, 0.717) is 6.61 Å². The van der Waals surface area contributed by atoms with Crippen LogP contribution in [0.25, 0.3) is 0 Å². The molecule has 0 atom stereocenters. The Morgan fingerprint density at radius 1 is 1.35 bits per heavy atom. The van der Waals surface area contributed by atoms with Gasteiger partial charge in [-0.1, -0.05) is 6.42 Å². The third-order valence-electron chi connectivity index (χ3n) is 3.64. The molecule has 0 bridgehead atoms. The van der Waals surface area contributed by atoms with Gasteiger partial charge in [0.15, 0.2) is 0 Å². The number of aliphatic hydroxyl groups is 1. The molecular weight excluding hydrogens is 214 g/mol. The minimum Gasteiger partial charge on any atom is -0.396 e. The van der Waals surface area contributed by atoms with Gasteiger partial charge in [0.1, 0.15) is 5.82 Å². The first-order chi connectivity index (χ1) is 8.13. The second-order valence-electron chi connectivity index (χ2n) is 5.32. The molecule has 1 aliphatic rings. The molecule has 1 aromatic heterocycles. The van der Waals surface area contributed by atoms with Gasteiger partial charge in [0.25, 0.3) is 0 Å². The summed E-state index contributed by atoms with van der Waals surface area (Å²) in [6.45, 7) is 4.00. The Morgan fingerprint density at radius 3 is 2.47 bits per heavy atom. The van der Waals surface area contributed by atoms with Gasteiger partial charge < -0.3 is 10.0 Å². The first-order valence-corrected chi connectivity index (χ1v) is 6.20. The van der Waals surface area contributed by atoms with Crippen molar-refractivity contribution in [2.75, 3.05) is 20.2 Å². The SMILES string of the molecule is Cc1ncc(CN(C)CC2(CO)CCC2)cn1. The van der Waals surface area contributed by atoms with E-state index in [2.05, 4.69) is 21.9 Å². The van der Waals surface area contributed by atoms with Crippen LogP contribution in [-0.2, 0) is 6.54 Å². The summed E-state index contributed by atoms with van der Waals surface area (Å²) in [6.07, 6.45) is 7.31. The Bertz CT molecular complexity index is 354. The molecule has 2 rings (SSSR count). The molecule has 0 aromatic carbocycles. The molecule has 17 heavy (non-hydrogen) atoms. The van der Waals surface area contributed by atoms with Crippen molar-refractivity contribution < 1.29 is 5.11 Å². The molecule has 1 fully saturated rings. The molecule has 4 heteroatoms. The Hall–Kier alpha value is -1.00. The van der Waals surface area contributed by atoms with Crippen LogP contribution in [-0.4, -0.2) is 40.2 Å². The first kappa shape index (κ1) is 12.5. The maximum Gasteiger partial charge on any atom is 0.125 e. The number of aryl methyl sites for hydroxylation is 1. The van der Waals surface area contributed by atoms with E-state index in [1.807, 2.05) is 19.3 Å². The van der Waals surface area contributed by atoms with Crippen LogP contribution in [0.15, 0.2) is 12.4 Å². The fourth-order valence-corrected chi connectivity index (χ4v) is 2.48. The summed E-state index contributed by atoms with van der Waals surface area (Å²) in [5.41, 5.74) is 1.28. The number of aliphatic hydroxyl groups excluding tert-OH is 1. The molecule has 0 spiro atoms. The highest BCUT2D eigenvalue weighted by molar-refractivity contribution is 5.04. The molecule has 0 radical (unpaired) electrons. The first-order valence-electron chi connectivity index (χ1n) is 6.20. The summed E-state index contributed by atoms with van der Waals surface area (Å²) < 4.78 is 0. The number of hydrogen-bond donors (Lipinski definition) is 1. The number of rotatable bonds is 5. The van der Waals surface area contributed by atoms with Crippen LogP contribution in [0.2, 0.25) is 0 Å². The van der Waals surface area contributed by atoms with E-state index in [0.717, 1.165) is 37.3 Å². The van der Waals surface area contributed by atoms with Crippen molar-refractivity contribution in [2.45, 2.75) is 32.7 Å². The quantitative estimate of drug-likeness (QED) is 0.837. The molecule has 1 heterocycles. The van der Waals surface area contributed by atoms with E-state index in [4.69, 9.17) is 0 Å². The minimum atomic E-state index is 0.153. The Morgan fingerprint density at radius 2 is 2.00 bits per heavy atom. The van der Waals surface area contributed by atoms with Crippen molar-refractivity contribution in [3.63, 3.8) is 0 Å². The Balaban J connectivity index is 1.88. The van der Waals surface area contributed by atoms with Gasteiger partial charge in [-0.15, -0.1) is 0 Å². The molecule has 4 nitrogen and oxygen atoms in total. The zero-order valence-corrected chi connectivity index (χ0v) is 10.7. The fraction of sp³-hybridized carbons (Fsp3) is 0.692. The van der Waals surface area contributed by atoms with Crippen molar-refractivity contribution in [1.82, 2.24) is 14.9 Å². The van der Waals surface area contributed by atoms with Crippen LogP contribution >= 0.6 is 0 Å².